The third-order valence-corrected chi connectivity index (χ3v) is 1.27. The lowest BCUT2D eigenvalue weighted by atomic mass is 10.3. The molecule has 0 saturated heterocycles. The summed E-state index contributed by atoms with van der Waals surface area (Å²) in [6.45, 7) is 5.15. The van der Waals surface area contributed by atoms with Gasteiger partial charge in [0.25, 0.3) is 5.70 Å². The highest BCUT2D eigenvalue weighted by molar-refractivity contribution is 5.25. The Balaban J connectivity index is 5.00. The molecule has 0 fully saturated rings. The molecule has 0 aliphatic heterocycles. The first-order valence-corrected chi connectivity index (χ1v) is 3.49. The van der Waals surface area contributed by atoms with Gasteiger partial charge in [-0.15, -0.1) is 0 Å². The topological polar surface area (TPSA) is 55.2 Å². The lowest BCUT2D eigenvalue weighted by Gasteiger charge is -1.99. The number of likely N-dealkylation sites (N-methyl/N-ethyl adjacent to an activating group) is 1. The second kappa shape index (κ2) is 5.12. The number of nitro groups is 1. The fourth-order valence-electron chi connectivity index (χ4n) is 0.746. The quantitative estimate of drug-likeness (QED) is 0.392. The number of nitrogens with zero attached hydrogens (tertiary/aromatic N) is 1. The van der Waals surface area contributed by atoms with Crippen molar-refractivity contribution in [2.24, 2.45) is 0 Å². The van der Waals surface area contributed by atoms with E-state index in [1.165, 1.54) is 6.08 Å². The van der Waals surface area contributed by atoms with Crippen molar-refractivity contribution >= 4 is 0 Å². The van der Waals surface area contributed by atoms with Gasteiger partial charge in [0.2, 0.25) is 0 Å². The van der Waals surface area contributed by atoms with Gasteiger partial charge in [0.15, 0.2) is 0 Å². The van der Waals surface area contributed by atoms with Gasteiger partial charge in [0, 0.05) is 13.1 Å². The van der Waals surface area contributed by atoms with Crippen molar-refractivity contribution in [3.05, 3.63) is 46.3 Å². The number of hydrogen-bond acceptors (Lipinski definition) is 3. The maximum Gasteiger partial charge on any atom is 0.291 e. The number of nitrogens with one attached hydrogen (secondary N) is 1. The van der Waals surface area contributed by atoms with Crippen LogP contribution in [0.4, 0.5) is 0 Å². The van der Waals surface area contributed by atoms with Crippen molar-refractivity contribution in [2.45, 2.75) is 6.92 Å². The van der Waals surface area contributed by atoms with Crippen molar-refractivity contribution in [1.29, 1.82) is 0 Å². The van der Waals surface area contributed by atoms with Gasteiger partial charge in [-0.3, -0.25) is 10.1 Å². The van der Waals surface area contributed by atoms with E-state index in [9.17, 15) is 10.1 Å². The summed E-state index contributed by atoms with van der Waals surface area (Å²) < 4.78 is 0. The fraction of sp³-hybridized carbons (Fsp3) is 0.250. The first-order chi connectivity index (χ1) is 5.67. The molecule has 0 amide bonds. The van der Waals surface area contributed by atoms with Crippen LogP contribution in [0, 0.1) is 10.1 Å². The highest BCUT2D eigenvalue weighted by atomic mass is 16.6. The number of allylic oxidation sites excluding steroid dienone is 3. The van der Waals surface area contributed by atoms with Gasteiger partial charge >= 0.3 is 0 Å². The van der Waals surface area contributed by atoms with Gasteiger partial charge in [0.05, 0.1) is 4.92 Å². The molecule has 0 rings (SSSR count). The number of rotatable bonds is 4. The van der Waals surface area contributed by atoms with Gasteiger partial charge in [-0.2, -0.15) is 0 Å². The molecule has 1 N–H and O–H groups in total. The molecule has 0 saturated carbocycles. The minimum Gasteiger partial charge on any atom is -0.383 e. The van der Waals surface area contributed by atoms with Gasteiger partial charge in [-0.05, 0) is 13.0 Å². The summed E-state index contributed by atoms with van der Waals surface area (Å²) in [5, 5.41) is 13.1. The third kappa shape index (κ3) is 2.57. The van der Waals surface area contributed by atoms with E-state index in [1.807, 2.05) is 0 Å². The lowest BCUT2D eigenvalue weighted by Crippen LogP contribution is -2.10. The van der Waals surface area contributed by atoms with E-state index in [0.717, 1.165) is 0 Å². The zero-order valence-electron chi connectivity index (χ0n) is 7.20. The zero-order chi connectivity index (χ0) is 9.56. The van der Waals surface area contributed by atoms with Crippen LogP contribution in [-0.4, -0.2) is 12.0 Å². The normalized spacial score (nSPS) is 12.5. The maximum atomic E-state index is 10.4. The van der Waals surface area contributed by atoms with Gasteiger partial charge in [-0.1, -0.05) is 12.7 Å². The van der Waals surface area contributed by atoms with E-state index in [-0.39, 0.29) is 5.70 Å². The highest BCUT2D eigenvalue weighted by Gasteiger charge is 2.10. The van der Waals surface area contributed by atoms with Crippen LogP contribution in [0.1, 0.15) is 6.92 Å². The molecule has 0 aromatic rings. The van der Waals surface area contributed by atoms with Crippen molar-refractivity contribution < 1.29 is 4.92 Å². The van der Waals surface area contributed by atoms with Crippen LogP contribution in [0.5, 0.6) is 0 Å². The van der Waals surface area contributed by atoms with Crippen LogP contribution < -0.4 is 5.32 Å². The molecule has 0 spiro atoms. The van der Waals surface area contributed by atoms with E-state index in [2.05, 4.69) is 11.9 Å². The molecule has 12 heavy (non-hydrogen) atoms. The summed E-state index contributed by atoms with van der Waals surface area (Å²) >= 11 is 0. The van der Waals surface area contributed by atoms with E-state index in [4.69, 9.17) is 0 Å². The standard InChI is InChI=1S/C8H12N2O2/c1-4-6-7(9-3)8(5-2)10(11)12/h4-6,9H,2H2,1,3H3/b6-4-,8-7-. The van der Waals surface area contributed by atoms with Crippen LogP contribution in [0.25, 0.3) is 0 Å². The van der Waals surface area contributed by atoms with Crippen LogP contribution in [0.2, 0.25) is 0 Å². The van der Waals surface area contributed by atoms with Crippen molar-refractivity contribution in [3.63, 3.8) is 0 Å². The minimum absolute atomic E-state index is 0.0180. The molecule has 0 aliphatic carbocycles. The van der Waals surface area contributed by atoms with Crippen molar-refractivity contribution in [1.82, 2.24) is 5.32 Å². The molecule has 0 unspecified atom stereocenters. The molecule has 0 aliphatic rings. The van der Waals surface area contributed by atoms with Crippen molar-refractivity contribution in [2.75, 3.05) is 7.05 Å². The maximum absolute atomic E-state index is 10.4. The fourth-order valence-corrected chi connectivity index (χ4v) is 0.746. The average Bonchev–Trinajstić information content (AvgIpc) is 2.03. The van der Waals surface area contributed by atoms with Crippen LogP contribution in [-0.2, 0) is 0 Å². The first-order valence-electron chi connectivity index (χ1n) is 3.49. The molecule has 4 heteroatoms. The van der Waals surface area contributed by atoms with E-state index < -0.39 is 4.92 Å². The van der Waals surface area contributed by atoms with E-state index >= 15 is 0 Å². The summed E-state index contributed by atoms with van der Waals surface area (Å²) in [6.07, 6.45) is 4.56. The Bertz CT molecular complexity index is 241. The molecule has 66 valence electrons. The zero-order valence-corrected chi connectivity index (χ0v) is 7.20. The Hall–Kier alpha value is -1.58. The predicted octanol–water partition coefficient (Wildman–Crippen LogP) is 1.46. The Morgan fingerprint density at radius 3 is 2.50 bits per heavy atom. The highest BCUT2D eigenvalue weighted by Crippen LogP contribution is 2.04. The lowest BCUT2D eigenvalue weighted by molar-refractivity contribution is -0.420. The van der Waals surface area contributed by atoms with Crippen molar-refractivity contribution in [3.8, 4) is 0 Å². The Morgan fingerprint density at radius 1 is 1.67 bits per heavy atom. The van der Waals surface area contributed by atoms with Crippen LogP contribution in [0.15, 0.2) is 36.2 Å². The average molecular weight is 168 g/mol. The van der Waals surface area contributed by atoms with Crippen LogP contribution in [0.3, 0.4) is 0 Å². The monoisotopic (exact) mass is 168 g/mol. The van der Waals surface area contributed by atoms with Gasteiger partial charge < -0.3 is 5.32 Å². The van der Waals surface area contributed by atoms with Crippen LogP contribution >= 0.6 is 0 Å². The molecule has 0 atom stereocenters. The minimum atomic E-state index is -0.473. The smallest absolute Gasteiger partial charge is 0.291 e. The Labute approximate surface area is 71.4 Å². The Morgan fingerprint density at radius 2 is 2.25 bits per heavy atom. The third-order valence-electron chi connectivity index (χ3n) is 1.27. The summed E-state index contributed by atoms with van der Waals surface area (Å²) in [4.78, 5) is 9.93. The molecule has 0 aromatic carbocycles. The predicted molar refractivity (Wildman–Crippen MR) is 48.1 cm³/mol. The second-order valence-corrected chi connectivity index (χ2v) is 2.01. The molecule has 4 nitrogen and oxygen atoms in total. The number of hydrogen-bond donors (Lipinski definition) is 1. The molecule has 0 aromatic heterocycles. The first kappa shape index (κ1) is 10.4. The van der Waals surface area contributed by atoms with E-state index in [0.29, 0.717) is 5.70 Å². The molecule has 0 heterocycles. The Kier molecular flexibility index (Phi) is 4.45. The summed E-state index contributed by atoms with van der Waals surface area (Å²) in [5.74, 6) is 0. The summed E-state index contributed by atoms with van der Waals surface area (Å²) in [7, 11) is 1.63. The second-order valence-electron chi connectivity index (χ2n) is 2.01. The van der Waals surface area contributed by atoms with Gasteiger partial charge in [0.1, 0.15) is 5.70 Å². The van der Waals surface area contributed by atoms with Gasteiger partial charge in [-0.25, -0.2) is 0 Å². The molecule has 0 radical (unpaired) electrons. The molecule has 0 bridgehead atoms. The molecular weight excluding hydrogens is 156 g/mol. The van der Waals surface area contributed by atoms with E-state index in [1.54, 1.807) is 26.1 Å². The summed E-state index contributed by atoms with van der Waals surface area (Å²) in [5.41, 5.74) is 0.438. The summed E-state index contributed by atoms with van der Waals surface area (Å²) in [6, 6.07) is 0. The molecular formula is C8H12N2O2. The largest absolute Gasteiger partial charge is 0.383 e. The SMILES string of the molecule is C=C/C(=C(\C=C/C)NC)[N+](=O)[O-].